The summed E-state index contributed by atoms with van der Waals surface area (Å²) in [6.07, 6.45) is 3.73. The molecule has 1 atom stereocenters. The Morgan fingerprint density at radius 2 is 2.19 bits per heavy atom. The van der Waals surface area contributed by atoms with Crippen molar-refractivity contribution in [3.05, 3.63) is 0 Å². The van der Waals surface area contributed by atoms with Gasteiger partial charge in [0, 0.05) is 6.54 Å². The minimum atomic E-state index is -0.947. The van der Waals surface area contributed by atoms with Gasteiger partial charge in [0.15, 0.2) is 0 Å². The van der Waals surface area contributed by atoms with E-state index in [0.717, 1.165) is 32.2 Å². The summed E-state index contributed by atoms with van der Waals surface area (Å²) < 4.78 is 0. The van der Waals surface area contributed by atoms with E-state index in [0.29, 0.717) is 6.54 Å². The number of hydrogen-bond acceptors (Lipinski definition) is 3. The fourth-order valence-electron chi connectivity index (χ4n) is 1.98. The van der Waals surface area contributed by atoms with Crippen LogP contribution in [0.4, 0.5) is 0 Å². The predicted molar refractivity (Wildman–Crippen MR) is 60.1 cm³/mol. The molecule has 0 saturated carbocycles. The van der Waals surface area contributed by atoms with Crippen LogP contribution in [-0.4, -0.2) is 47.6 Å². The van der Waals surface area contributed by atoms with Crippen molar-refractivity contribution in [3.63, 3.8) is 0 Å². The molecule has 0 aromatic rings. The number of aliphatic carboxylic acids is 1. The number of rotatable bonds is 5. The van der Waals surface area contributed by atoms with Crippen LogP contribution >= 0.6 is 0 Å². The molecular weight excluding hydrogens is 208 g/mol. The van der Waals surface area contributed by atoms with Crippen LogP contribution in [0.25, 0.3) is 0 Å². The topological polar surface area (TPSA) is 69.6 Å². The Morgan fingerprint density at radius 3 is 2.69 bits per heavy atom. The molecule has 92 valence electrons. The summed E-state index contributed by atoms with van der Waals surface area (Å²) in [6.45, 7) is 3.12. The minimum Gasteiger partial charge on any atom is -0.480 e. The van der Waals surface area contributed by atoms with Crippen LogP contribution < -0.4 is 5.32 Å². The minimum absolute atomic E-state index is 0.0658. The van der Waals surface area contributed by atoms with E-state index in [1.807, 2.05) is 6.92 Å². The van der Waals surface area contributed by atoms with E-state index in [1.54, 1.807) is 0 Å². The highest BCUT2D eigenvalue weighted by Crippen LogP contribution is 2.10. The molecule has 1 amide bonds. The maximum Gasteiger partial charge on any atom is 0.323 e. The number of hydrogen-bond donors (Lipinski definition) is 2. The van der Waals surface area contributed by atoms with Crippen molar-refractivity contribution < 1.29 is 14.7 Å². The second-order valence-corrected chi connectivity index (χ2v) is 4.16. The van der Waals surface area contributed by atoms with Crippen molar-refractivity contribution in [1.82, 2.24) is 10.2 Å². The summed E-state index contributed by atoms with van der Waals surface area (Å²) in [5.74, 6) is -1.01. The highest BCUT2D eigenvalue weighted by molar-refractivity contribution is 5.85. The highest BCUT2D eigenvalue weighted by atomic mass is 16.4. The van der Waals surface area contributed by atoms with Crippen LogP contribution in [0, 0.1) is 0 Å². The van der Waals surface area contributed by atoms with Gasteiger partial charge in [-0.05, 0) is 25.8 Å². The zero-order chi connectivity index (χ0) is 12.0. The molecule has 0 spiro atoms. The van der Waals surface area contributed by atoms with Gasteiger partial charge in [-0.2, -0.15) is 0 Å². The Kier molecular flexibility index (Phi) is 5.25. The van der Waals surface area contributed by atoms with Gasteiger partial charge in [-0.1, -0.05) is 13.3 Å². The standard InChI is InChI=1S/C11H20N2O3/c1-2-7-13(8-10(14)15)11(16)9-5-3-4-6-12-9/h9,12H,2-8H2,1H3,(H,14,15). The molecule has 0 aliphatic carbocycles. The van der Waals surface area contributed by atoms with Crippen LogP contribution in [0.3, 0.4) is 0 Å². The lowest BCUT2D eigenvalue weighted by atomic mass is 10.0. The first kappa shape index (κ1) is 13.0. The molecule has 0 aromatic carbocycles. The molecule has 16 heavy (non-hydrogen) atoms. The maximum absolute atomic E-state index is 12.0. The number of carbonyl (C=O) groups excluding carboxylic acids is 1. The Bertz CT molecular complexity index is 250. The van der Waals surface area contributed by atoms with Crippen molar-refractivity contribution in [3.8, 4) is 0 Å². The van der Waals surface area contributed by atoms with Crippen LogP contribution in [-0.2, 0) is 9.59 Å². The number of nitrogens with zero attached hydrogens (tertiary/aromatic N) is 1. The SMILES string of the molecule is CCCN(CC(=O)O)C(=O)C1CCCCN1. The van der Waals surface area contributed by atoms with Gasteiger partial charge >= 0.3 is 5.97 Å². The van der Waals surface area contributed by atoms with Crippen LogP contribution in [0.1, 0.15) is 32.6 Å². The van der Waals surface area contributed by atoms with Crippen molar-refractivity contribution in [2.75, 3.05) is 19.6 Å². The zero-order valence-corrected chi connectivity index (χ0v) is 9.74. The molecule has 2 N–H and O–H groups in total. The summed E-state index contributed by atoms with van der Waals surface area (Å²) in [7, 11) is 0. The van der Waals surface area contributed by atoms with E-state index in [1.165, 1.54) is 4.90 Å². The fraction of sp³-hybridized carbons (Fsp3) is 0.818. The first-order chi connectivity index (χ1) is 7.65. The van der Waals surface area contributed by atoms with Crippen LogP contribution in [0.2, 0.25) is 0 Å². The molecule has 1 heterocycles. The summed E-state index contributed by atoms with van der Waals surface area (Å²) in [4.78, 5) is 24.1. The predicted octanol–water partition coefficient (Wildman–Crippen LogP) is 0.452. The molecular formula is C11H20N2O3. The molecule has 0 bridgehead atoms. The van der Waals surface area contributed by atoms with Gasteiger partial charge in [-0.15, -0.1) is 0 Å². The molecule has 1 aliphatic rings. The Morgan fingerprint density at radius 1 is 1.44 bits per heavy atom. The molecule has 0 radical (unpaired) electrons. The van der Waals surface area contributed by atoms with Gasteiger partial charge in [-0.25, -0.2) is 0 Å². The lowest BCUT2D eigenvalue weighted by molar-refractivity contribution is -0.145. The van der Waals surface area contributed by atoms with E-state index in [4.69, 9.17) is 5.11 Å². The first-order valence-electron chi connectivity index (χ1n) is 5.89. The third-order valence-corrected chi connectivity index (χ3v) is 2.74. The van der Waals surface area contributed by atoms with Gasteiger partial charge in [-0.3, -0.25) is 9.59 Å². The number of carbonyl (C=O) groups is 2. The second kappa shape index (κ2) is 6.48. The molecule has 0 aromatic heterocycles. The molecule has 1 rings (SSSR count). The van der Waals surface area contributed by atoms with Crippen LogP contribution in [0.5, 0.6) is 0 Å². The number of nitrogens with one attached hydrogen (secondary N) is 1. The van der Waals surface area contributed by atoms with Crippen molar-refractivity contribution in [2.45, 2.75) is 38.6 Å². The highest BCUT2D eigenvalue weighted by Gasteiger charge is 2.26. The summed E-state index contributed by atoms with van der Waals surface area (Å²) >= 11 is 0. The van der Waals surface area contributed by atoms with Crippen molar-refractivity contribution in [1.29, 1.82) is 0 Å². The average molecular weight is 228 g/mol. The summed E-state index contributed by atoms with van der Waals surface area (Å²) in [5, 5.41) is 11.9. The van der Waals surface area contributed by atoms with Gasteiger partial charge in [0.1, 0.15) is 6.54 Å². The van der Waals surface area contributed by atoms with E-state index in [2.05, 4.69) is 5.32 Å². The molecule has 1 saturated heterocycles. The quantitative estimate of drug-likeness (QED) is 0.717. The monoisotopic (exact) mass is 228 g/mol. The van der Waals surface area contributed by atoms with E-state index < -0.39 is 5.97 Å². The molecule has 1 fully saturated rings. The average Bonchev–Trinajstić information content (AvgIpc) is 2.28. The third-order valence-electron chi connectivity index (χ3n) is 2.74. The van der Waals surface area contributed by atoms with E-state index >= 15 is 0 Å². The van der Waals surface area contributed by atoms with E-state index in [-0.39, 0.29) is 18.5 Å². The molecule has 1 unspecified atom stereocenters. The maximum atomic E-state index is 12.0. The second-order valence-electron chi connectivity index (χ2n) is 4.16. The van der Waals surface area contributed by atoms with Gasteiger partial charge in [0.25, 0.3) is 0 Å². The van der Waals surface area contributed by atoms with E-state index in [9.17, 15) is 9.59 Å². The first-order valence-corrected chi connectivity index (χ1v) is 5.89. The van der Waals surface area contributed by atoms with Gasteiger partial charge < -0.3 is 15.3 Å². The van der Waals surface area contributed by atoms with Gasteiger partial charge in [0.2, 0.25) is 5.91 Å². The lowest BCUT2D eigenvalue weighted by Crippen LogP contribution is -2.50. The van der Waals surface area contributed by atoms with Crippen molar-refractivity contribution >= 4 is 11.9 Å². The normalized spacial score (nSPS) is 20.4. The number of carboxylic acid groups (broad SMARTS) is 1. The third kappa shape index (κ3) is 3.81. The Hall–Kier alpha value is -1.10. The molecule has 5 heteroatoms. The lowest BCUT2D eigenvalue weighted by Gasteiger charge is -2.28. The number of piperidine rings is 1. The summed E-state index contributed by atoms with van der Waals surface area (Å²) in [5.41, 5.74) is 0. The van der Waals surface area contributed by atoms with Gasteiger partial charge in [0.05, 0.1) is 6.04 Å². The summed E-state index contributed by atoms with van der Waals surface area (Å²) in [6, 6.07) is -0.181. The largest absolute Gasteiger partial charge is 0.480 e. The smallest absolute Gasteiger partial charge is 0.323 e. The molecule has 1 aliphatic heterocycles. The zero-order valence-electron chi connectivity index (χ0n) is 9.74. The van der Waals surface area contributed by atoms with Crippen molar-refractivity contribution in [2.24, 2.45) is 0 Å². The number of carboxylic acids is 1. The number of amides is 1. The van der Waals surface area contributed by atoms with Crippen LogP contribution in [0.15, 0.2) is 0 Å². The molecule has 5 nitrogen and oxygen atoms in total. The Labute approximate surface area is 95.8 Å². The fourth-order valence-corrected chi connectivity index (χ4v) is 1.98. The Balaban J connectivity index is 2.54.